The molecule has 152 valence electrons. The van der Waals surface area contributed by atoms with Crippen LogP contribution in [0.15, 0.2) is 76.5 Å². The van der Waals surface area contributed by atoms with Gasteiger partial charge in [0.2, 0.25) is 15.9 Å². The summed E-state index contributed by atoms with van der Waals surface area (Å²) >= 11 is 0. The van der Waals surface area contributed by atoms with Crippen LogP contribution in [0.3, 0.4) is 0 Å². The number of carbonyl (C=O) groups is 1. The molecule has 3 aromatic carbocycles. The molecular weight excluding hydrogens is 412 g/mol. The Morgan fingerprint density at radius 2 is 1.41 bits per heavy atom. The summed E-state index contributed by atoms with van der Waals surface area (Å²) in [4.78, 5) is 12.4. The molecule has 1 amide bonds. The van der Waals surface area contributed by atoms with Crippen LogP contribution >= 0.6 is 0 Å². The molecule has 3 rings (SSSR count). The van der Waals surface area contributed by atoms with E-state index in [1.165, 1.54) is 44.4 Å². The molecule has 0 saturated carbocycles. The smallest absolute Gasteiger partial charge is 0.242 e. The largest absolute Gasteiger partial charge is 0.325 e. The van der Waals surface area contributed by atoms with Crippen LogP contribution in [-0.4, -0.2) is 46.9 Å². The summed E-state index contributed by atoms with van der Waals surface area (Å²) in [6, 6.07) is 17.6. The predicted octanol–water partition coefficient (Wildman–Crippen LogP) is 2.50. The SMILES string of the molecule is CN(C)S(=O)(=O)c1ccc(NC(=O)CS(=O)(=O)c2ccc3ccccc3c2)cc1. The second-order valence-electron chi connectivity index (χ2n) is 6.63. The van der Waals surface area contributed by atoms with Crippen LogP contribution < -0.4 is 5.32 Å². The molecule has 7 nitrogen and oxygen atoms in total. The molecule has 1 N–H and O–H groups in total. The maximum atomic E-state index is 12.6. The molecule has 0 unspecified atom stereocenters. The minimum atomic E-state index is -3.83. The Kier molecular flexibility index (Phi) is 5.74. The van der Waals surface area contributed by atoms with E-state index in [0.29, 0.717) is 5.69 Å². The average Bonchev–Trinajstić information content (AvgIpc) is 2.67. The topological polar surface area (TPSA) is 101 Å². The van der Waals surface area contributed by atoms with Gasteiger partial charge in [0.15, 0.2) is 9.84 Å². The van der Waals surface area contributed by atoms with Crippen molar-refractivity contribution < 1.29 is 21.6 Å². The van der Waals surface area contributed by atoms with Gasteiger partial charge in [0.25, 0.3) is 0 Å². The van der Waals surface area contributed by atoms with Gasteiger partial charge < -0.3 is 5.32 Å². The number of fused-ring (bicyclic) bond motifs is 1. The van der Waals surface area contributed by atoms with E-state index < -0.39 is 31.5 Å². The minimum Gasteiger partial charge on any atom is -0.325 e. The van der Waals surface area contributed by atoms with Crippen LogP contribution in [0.5, 0.6) is 0 Å². The van der Waals surface area contributed by atoms with Crippen LogP contribution in [0.2, 0.25) is 0 Å². The molecule has 0 heterocycles. The van der Waals surface area contributed by atoms with Gasteiger partial charge in [0.05, 0.1) is 9.79 Å². The summed E-state index contributed by atoms with van der Waals surface area (Å²) in [5, 5.41) is 4.16. The van der Waals surface area contributed by atoms with E-state index in [1.54, 1.807) is 18.2 Å². The first-order chi connectivity index (χ1) is 13.6. The fourth-order valence-electron chi connectivity index (χ4n) is 2.73. The number of sulfonamides is 1. The van der Waals surface area contributed by atoms with Crippen LogP contribution in [0, 0.1) is 0 Å². The number of anilines is 1. The molecule has 0 radical (unpaired) electrons. The Morgan fingerprint density at radius 3 is 2.03 bits per heavy atom. The number of benzene rings is 3. The number of carbonyl (C=O) groups excluding carboxylic acids is 1. The molecule has 0 aliphatic rings. The Morgan fingerprint density at radius 1 is 0.828 bits per heavy atom. The number of nitrogens with one attached hydrogen (secondary N) is 1. The third-order valence-corrected chi connectivity index (χ3v) is 7.76. The molecule has 0 aromatic heterocycles. The lowest BCUT2D eigenvalue weighted by Gasteiger charge is -2.12. The van der Waals surface area contributed by atoms with Gasteiger partial charge in [-0.1, -0.05) is 30.3 Å². The van der Waals surface area contributed by atoms with Crippen LogP contribution in [0.25, 0.3) is 10.8 Å². The van der Waals surface area contributed by atoms with Crippen molar-refractivity contribution in [3.8, 4) is 0 Å². The van der Waals surface area contributed by atoms with Crippen molar-refractivity contribution in [1.29, 1.82) is 0 Å². The first-order valence-electron chi connectivity index (χ1n) is 8.64. The molecule has 0 fully saturated rings. The van der Waals surface area contributed by atoms with Gasteiger partial charge in [-0.15, -0.1) is 0 Å². The van der Waals surface area contributed by atoms with Crippen molar-refractivity contribution in [2.24, 2.45) is 0 Å². The second kappa shape index (κ2) is 7.94. The van der Waals surface area contributed by atoms with Crippen molar-refractivity contribution in [3.63, 3.8) is 0 Å². The van der Waals surface area contributed by atoms with Crippen molar-refractivity contribution >= 4 is 42.2 Å². The van der Waals surface area contributed by atoms with E-state index in [1.807, 2.05) is 18.2 Å². The summed E-state index contributed by atoms with van der Waals surface area (Å²) in [6.45, 7) is 0. The van der Waals surface area contributed by atoms with Gasteiger partial charge in [0, 0.05) is 19.8 Å². The van der Waals surface area contributed by atoms with Crippen molar-refractivity contribution in [2.75, 3.05) is 25.2 Å². The summed E-state index contributed by atoms with van der Waals surface area (Å²) in [6.07, 6.45) is 0. The highest BCUT2D eigenvalue weighted by molar-refractivity contribution is 7.92. The Bertz CT molecular complexity index is 1270. The fraction of sp³-hybridized carbons (Fsp3) is 0.150. The quantitative estimate of drug-likeness (QED) is 0.645. The van der Waals surface area contributed by atoms with E-state index in [9.17, 15) is 21.6 Å². The monoisotopic (exact) mass is 432 g/mol. The number of amides is 1. The van der Waals surface area contributed by atoms with Gasteiger partial charge >= 0.3 is 0 Å². The van der Waals surface area contributed by atoms with Crippen LogP contribution in [0.4, 0.5) is 5.69 Å². The molecule has 0 saturated heterocycles. The van der Waals surface area contributed by atoms with Gasteiger partial charge in [-0.05, 0) is 47.2 Å². The second-order valence-corrected chi connectivity index (χ2v) is 10.8. The maximum absolute atomic E-state index is 12.6. The number of sulfone groups is 1. The van der Waals surface area contributed by atoms with E-state index in [2.05, 4.69) is 5.32 Å². The van der Waals surface area contributed by atoms with Crippen molar-refractivity contribution in [2.45, 2.75) is 9.79 Å². The van der Waals surface area contributed by atoms with Gasteiger partial charge in [-0.25, -0.2) is 21.1 Å². The molecule has 9 heteroatoms. The third-order valence-electron chi connectivity index (χ3n) is 4.32. The van der Waals surface area contributed by atoms with E-state index in [-0.39, 0.29) is 9.79 Å². The maximum Gasteiger partial charge on any atom is 0.242 e. The van der Waals surface area contributed by atoms with Crippen molar-refractivity contribution in [1.82, 2.24) is 4.31 Å². The third kappa shape index (κ3) is 4.64. The van der Waals surface area contributed by atoms with Gasteiger partial charge in [-0.2, -0.15) is 0 Å². The van der Waals surface area contributed by atoms with Gasteiger partial charge in [0.1, 0.15) is 5.75 Å². The molecule has 0 atom stereocenters. The molecule has 0 aliphatic heterocycles. The zero-order chi connectivity index (χ0) is 21.2. The minimum absolute atomic E-state index is 0.0683. The Hall–Kier alpha value is -2.75. The summed E-state index contributed by atoms with van der Waals surface area (Å²) in [5.41, 5.74) is 0.307. The Balaban J connectivity index is 1.74. The van der Waals surface area contributed by atoms with E-state index >= 15 is 0 Å². The summed E-state index contributed by atoms with van der Waals surface area (Å²) in [5.74, 6) is -1.43. The highest BCUT2D eigenvalue weighted by Gasteiger charge is 2.21. The first kappa shape index (κ1) is 21.0. The molecule has 0 spiro atoms. The van der Waals surface area contributed by atoms with Crippen molar-refractivity contribution in [3.05, 3.63) is 66.7 Å². The van der Waals surface area contributed by atoms with Crippen LogP contribution in [-0.2, 0) is 24.7 Å². The molecule has 0 bridgehead atoms. The molecular formula is C20H20N2O5S2. The number of hydrogen-bond donors (Lipinski definition) is 1. The lowest BCUT2D eigenvalue weighted by Crippen LogP contribution is -2.23. The zero-order valence-electron chi connectivity index (χ0n) is 15.9. The Labute approximate surface area is 169 Å². The normalized spacial score (nSPS) is 12.2. The number of nitrogens with zero attached hydrogens (tertiary/aromatic N) is 1. The van der Waals surface area contributed by atoms with Crippen LogP contribution in [0.1, 0.15) is 0 Å². The highest BCUT2D eigenvalue weighted by Crippen LogP contribution is 2.21. The van der Waals surface area contributed by atoms with E-state index in [4.69, 9.17) is 0 Å². The number of rotatable bonds is 6. The fourth-order valence-corrected chi connectivity index (χ4v) is 4.80. The lowest BCUT2D eigenvalue weighted by atomic mass is 10.1. The number of hydrogen-bond acceptors (Lipinski definition) is 5. The zero-order valence-corrected chi connectivity index (χ0v) is 17.5. The lowest BCUT2D eigenvalue weighted by molar-refractivity contribution is -0.113. The summed E-state index contributed by atoms with van der Waals surface area (Å²) in [7, 11) is -4.57. The highest BCUT2D eigenvalue weighted by atomic mass is 32.2. The van der Waals surface area contributed by atoms with Gasteiger partial charge in [-0.3, -0.25) is 4.79 Å². The predicted molar refractivity (Wildman–Crippen MR) is 112 cm³/mol. The summed E-state index contributed by atoms with van der Waals surface area (Å²) < 4.78 is 50.4. The molecule has 3 aromatic rings. The molecule has 29 heavy (non-hydrogen) atoms. The molecule has 0 aliphatic carbocycles. The van der Waals surface area contributed by atoms with E-state index in [0.717, 1.165) is 15.1 Å². The standard InChI is InChI=1S/C20H20N2O5S2/c1-22(2)29(26,27)18-11-8-17(9-12-18)21-20(23)14-28(24,25)19-10-7-15-5-3-4-6-16(15)13-19/h3-13H,14H2,1-2H3,(H,21,23). The average molecular weight is 433 g/mol. The first-order valence-corrected chi connectivity index (χ1v) is 11.7.